The lowest BCUT2D eigenvalue weighted by molar-refractivity contribution is -0.175. The monoisotopic (exact) mass is 385 g/mol. The van der Waals surface area contributed by atoms with Crippen molar-refractivity contribution >= 4 is 18.0 Å². The lowest BCUT2D eigenvalue weighted by atomic mass is 10.1. The number of rotatable bonds is 4. The molecule has 0 unspecified atom stereocenters. The molecule has 2 aliphatic rings. The molecule has 8 nitrogen and oxygen atoms in total. The highest BCUT2D eigenvalue weighted by molar-refractivity contribution is 5.98. The van der Waals surface area contributed by atoms with E-state index in [1.165, 1.54) is 0 Å². The van der Waals surface area contributed by atoms with Gasteiger partial charge in [0.25, 0.3) is 5.91 Å². The van der Waals surface area contributed by atoms with Crippen LogP contribution in [0.3, 0.4) is 0 Å². The van der Waals surface area contributed by atoms with Gasteiger partial charge in [-0.2, -0.15) is 0 Å². The van der Waals surface area contributed by atoms with Crippen LogP contribution in [0.5, 0.6) is 0 Å². The molecule has 0 radical (unpaired) electrons. The predicted molar refractivity (Wildman–Crippen MR) is 95.8 cm³/mol. The van der Waals surface area contributed by atoms with Gasteiger partial charge in [-0.3, -0.25) is 9.59 Å². The Morgan fingerprint density at radius 2 is 1.70 bits per heavy atom. The van der Waals surface area contributed by atoms with E-state index < -0.39 is 53.2 Å². The van der Waals surface area contributed by atoms with Crippen molar-refractivity contribution in [3.63, 3.8) is 0 Å². The van der Waals surface area contributed by atoms with E-state index >= 15 is 0 Å². The average molecular weight is 385 g/mol. The zero-order chi connectivity index (χ0) is 20.8. The van der Waals surface area contributed by atoms with Crippen molar-refractivity contribution < 1.29 is 33.3 Å². The van der Waals surface area contributed by atoms with Gasteiger partial charge in [-0.1, -0.05) is 6.92 Å². The number of imide groups is 1. The van der Waals surface area contributed by atoms with Crippen LogP contribution in [-0.2, 0) is 28.5 Å². The third-order valence-electron chi connectivity index (χ3n) is 4.53. The highest BCUT2D eigenvalue weighted by Crippen LogP contribution is 2.39. The molecule has 0 aromatic carbocycles. The molecule has 27 heavy (non-hydrogen) atoms. The van der Waals surface area contributed by atoms with Crippen molar-refractivity contribution in [3.05, 3.63) is 0 Å². The Labute approximate surface area is 160 Å². The molecular formula is C19H31NO7. The normalized spacial score (nSPS) is 27.5. The number of fused-ring (bicyclic) bond motifs is 1. The van der Waals surface area contributed by atoms with Gasteiger partial charge in [-0.05, 0) is 54.9 Å². The maximum Gasteiger partial charge on any atom is 0.417 e. The number of ether oxygens (including phenoxy) is 4. The van der Waals surface area contributed by atoms with Crippen LogP contribution in [0.4, 0.5) is 4.79 Å². The molecule has 0 bridgehead atoms. The molecule has 2 saturated heterocycles. The lowest BCUT2D eigenvalue weighted by Gasteiger charge is -2.31. The molecule has 2 rings (SSSR count). The molecule has 2 fully saturated rings. The molecule has 8 heteroatoms. The van der Waals surface area contributed by atoms with E-state index in [0.29, 0.717) is 6.42 Å². The van der Waals surface area contributed by atoms with E-state index in [2.05, 4.69) is 0 Å². The standard InChI is InChI=1S/C19H31NO7/c1-9-18(5,6)27-16(23)20-11(10-12(21)24-17(2,3)4)13-14(15(20)22)26-19(7,8)25-13/h11,13-14H,9-10H2,1-8H3/t11-,13-,14-/m0/s1. The van der Waals surface area contributed by atoms with Gasteiger partial charge in [-0.15, -0.1) is 0 Å². The molecule has 2 aliphatic heterocycles. The SMILES string of the molecule is CCC(C)(C)OC(=O)N1C(=O)[C@H]2OC(C)(C)O[C@H]2[C@@H]1CC(=O)OC(C)(C)C. The minimum Gasteiger partial charge on any atom is -0.460 e. The van der Waals surface area contributed by atoms with E-state index in [0.717, 1.165) is 4.90 Å². The first-order chi connectivity index (χ1) is 12.2. The summed E-state index contributed by atoms with van der Waals surface area (Å²) in [5, 5.41) is 0. The van der Waals surface area contributed by atoms with Crippen molar-refractivity contribution in [2.24, 2.45) is 0 Å². The molecule has 2 amide bonds. The number of carbonyl (C=O) groups excluding carboxylic acids is 3. The van der Waals surface area contributed by atoms with Crippen molar-refractivity contribution in [2.75, 3.05) is 0 Å². The zero-order valence-electron chi connectivity index (χ0n) is 17.5. The molecule has 0 aromatic heterocycles. The van der Waals surface area contributed by atoms with Gasteiger partial charge in [0.15, 0.2) is 11.9 Å². The fourth-order valence-corrected chi connectivity index (χ4v) is 3.05. The van der Waals surface area contributed by atoms with Crippen LogP contribution in [0.2, 0.25) is 0 Å². The van der Waals surface area contributed by atoms with Gasteiger partial charge < -0.3 is 18.9 Å². The largest absolute Gasteiger partial charge is 0.460 e. The summed E-state index contributed by atoms with van der Waals surface area (Å²) in [5.74, 6) is -2.06. The van der Waals surface area contributed by atoms with Gasteiger partial charge in [0, 0.05) is 0 Å². The summed E-state index contributed by atoms with van der Waals surface area (Å²) in [4.78, 5) is 38.9. The van der Waals surface area contributed by atoms with Crippen molar-refractivity contribution in [3.8, 4) is 0 Å². The van der Waals surface area contributed by atoms with Crippen LogP contribution in [0, 0.1) is 0 Å². The lowest BCUT2D eigenvalue weighted by Crippen LogP contribution is -2.48. The molecule has 0 N–H and O–H groups in total. The quantitative estimate of drug-likeness (QED) is 0.687. The van der Waals surface area contributed by atoms with E-state index in [9.17, 15) is 14.4 Å². The minimum atomic E-state index is -0.976. The Bertz CT molecular complexity index is 620. The Morgan fingerprint density at radius 3 is 2.22 bits per heavy atom. The average Bonchev–Trinajstić information content (AvgIpc) is 2.90. The van der Waals surface area contributed by atoms with Gasteiger partial charge in [0.05, 0.1) is 12.5 Å². The second-order valence-electron chi connectivity index (χ2n) is 9.07. The summed E-state index contributed by atoms with van der Waals surface area (Å²) in [6.45, 7) is 14.0. The van der Waals surface area contributed by atoms with E-state index in [-0.39, 0.29) is 6.42 Å². The molecule has 2 heterocycles. The highest BCUT2D eigenvalue weighted by Gasteiger charge is 2.60. The Kier molecular flexibility index (Phi) is 5.65. The predicted octanol–water partition coefficient (Wildman–Crippen LogP) is 2.77. The van der Waals surface area contributed by atoms with Crippen LogP contribution in [0.25, 0.3) is 0 Å². The van der Waals surface area contributed by atoms with Crippen molar-refractivity contribution in [2.45, 2.75) is 103 Å². The summed E-state index contributed by atoms with van der Waals surface area (Å²) < 4.78 is 22.3. The van der Waals surface area contributed by atoms with Gasteiger partial charge in [0.1, 0.15) is 17.3 Å². The Morgan fingerprint density at radius 1 is 1.11 bits per heavy atom. The summed E-state index contributed by atoms with van der Waals surface area (Å²) in [6, 6.07) is -0.848. The topological polar surface area (TPSA) is 91.4 Å². The van der Waals surface area contributed by atoms with Crippen LogP contribution in [0.1, 0.15) is 68.2 Å². The summed E-state index contributed by atoms with van der Waals surface area (Å²) in [6.07, 6.45) is -2.13. The third-order valence-corrected chi connectivity index (χ3v) is 4.53. The first kappa shape index (κ1) is 21.6. The molecular weight excluding hydrogens is 354 g/mol. The number of amides is 2. The molecule has 3 atom stereocenters. The van der Waals surface area contributed by atoms with E-state index in [1.807, 2.05) is 6.92 Å². The Balaban J connectivity index is 2.26. The second-order valence-corrected chi connectivity index (χ2v) is 9.07. The summed E-state index contributed by atoms with van der Waals surface area (Å²) in [7, 11) is 0. The number of hydrogen-bond donors (Lipinski definition) is 0. The fourth-order valence-electron chi connectivity index (χ4n) is 3.05. The zero-order valence-corrected chi connectivity index (χ0v) is 17.5. The first-order valence-corrected chi connectivity index (χ1v) is 9.29. The summed E-state index contributed by atoms with van der Waals surface area (Å²) in [5.41, 5.74) is -1.42. The van der Waals surface area contributed by atoms with Crippen LogP contribution in [0.15, 0.2) is 0 Å². The number of carbonyl (C=O) groups is 3. The van der Waals surface area contributed by atoms with Crippen LogP contribution >= 0.6 is 0 Å². The van der Waals surface area contributed by atoms with Gasteiger partial charge >= 0.3 is 12.1 Å². The maximum atomic E-state index is 12.8. The van der Waals surface area contributed by atoms with Crippen LogP contribution in [-0.4, -0.2) is 58.1 Å². The molecule has 0 spiro atoms. The van der Waals surface area contributed by atoms with Crippen molar-refractivity contribution in [1.29, 1.82) is 0 Å². The second kappa shape index (κ2) is 7.05. The van der Waals surface area contributed by atoms with E-state index in [1.54, 1.807) is 48.5 Å². The van der Waals surface area contributed by atoms with Gasteiger partial charge in [-0.25, -0.2) is 9.69 Å². The van der Waals surface area contributed by atoms with Gasteiger partial charge in [0.2, 0.25) is 0 Å². The maximum absolute atomic E-state index is 12.8. The van der Waals surface area contributed by atoms with E-state index in [4.69, 9.17) is 18.9 Å². The first-order valence-electron chi connectivity index (χ1n) is 9.29. The highest BCUT2D eigenvalue weighted by atomic mass is 16.8. The smallest absolute Gasteiger partial charge is 0.417 e. The number of hydrogen-bond acceptors (Lipinski definition) is 7. The third kappa shape index (κ3) is 4.99. The number of nitrogens with zero attached hydrogens (tertiary/aromatic N) is 1. The molecule has 0 aromatic rings. The molecule has 0 saturated carbocycles. The minimum absolute atomic E-state index is 0.189. The number of likely N-dealkylation sites (tertiary alicyclic amines) is 1. The fraction of sp³-hybridized carbons (Fsp3) is 0.842. The molecule has 0 aliphatic carbocycles. The molecule has 154 valence electrons. The Hall–Kier alpha value is -1.67. The summed E-state index contributed by atoms with van der Waals surface area (Å²) >= 11 is 0. The number of esters is 1. The van der Waals surface area contributed by atoms with Crippen LogP contribution < -0.4 is 0 Å². The van der Waals surface area contributed by atoms with Crippen molar-refractivity contribution in [1.82, 2.24) is 4.90 Å².